The SMILES string of the molecule is CCn1cc(CNc2cc(C3CC3)nn2C)c(C)n1.Cl. The summed E-state index contributed by atoms with van der Waals surface area (Å²) in [5.74, 6) is 1.79. The maximum atomic E-state index is 4.56. The Morgan fingerprint density at radius 3 is 2.70 bits per heavy atom. The zero-order valence-corrected chi connectivity index (χ0v) is 13.1. The summed E-state index contributed by atoms with van der Waals surface area (Å²) in [5.41, 5.74) is 3.57. The van der Waals surface area contributed by atoms with Crippen molar-refractivity contribution in [3.05, 3.63) is 29.2 Å². The van der Waals surface area contributed by atoms with Crippen molar-refractivity contribution in [2.75, 3.05) is 5.32 Å². The molecule has 5 nitrogen and oxygen atoms in total. The van der Waals surface area contributed by atoms with Crippen LogP contribution in [0.25, 0.3) is 0 Å². The minimum absolute atomic E-state index is 0. The summed E-state index contributed by atoms with van der Waals surface area (Å²) in [6.07, 6.45) is 4.69. The van der Waals surface area contributed by atoms with Crippen LogP contribution in [-0.2, 0) is 20.1 Å². The second kappa shape index (κ2) is 5.87. The van der Waals surface area contributed by atoms with E-state index < -0.39 is 0 Å². The lowest BCUT2D eigenvalue weighted by atomic mass is 10.2. The van der Waals surface area contributed by atoms with Crippen molar-refractivity contribution in [2.45, 2.75) is 45.7 Å². The number of aromatic nitrogens is 4. The minimum atomic E-state index is 0. The Bertz CT molecular complexity index is 582. The van der Waals surface area contributed by atoms with Gasteiger partial charge < -0.3 is 5.32 Å². The van der Waals surface area contributed by atoms with Gasteiger partial charge in [0, 0.05) is 43.9 Å². The van der Waals surface area contributed by atoms with Crippen molar-refractivity contribution in [1.29, 1.82) is 0 Å². The van der Waals surface area contributed by atoms with Crippen LogP contribution in [0.15, 0.2) is 12.3 Å². The molecule has 1 aliphatic carbocycles. The van der Waals surface area contributed by atoms with E-state index in [2.05, 4.69) is 41.6 Å². The number of halogens is 1. The fourth-order valence-corrected chi connectivity index (χ4v) is 2.31. The maximum Gasteiger partial charge on any atom is 0.124 e. The average Bonchev–Trinajstić information content (AvgIpc) is 3.09. The molecule has 20 heavy (non-hydrogen) atoms. The molecule has 6 heteroatoms. The molecule has 0 saturated heterocycles. The molecule has 1 aliphatic rings. The van der Waals surface area contributed by atoms with Gasteiger partial charge in [-0.1, -0.05) is 0 Å². The molecule has 1 saturated carbocycles. The number of rotatable bonds is 5. The Labute approximate surface area is 125 Å². The van der Waals surface area contributed by atoms with Gasteiger partial charge in [0.2, 0.25) is 0 Å². The first kappa shape index (κ1) is 14.9. The number of nitrogens with zero attached hydrogens (tertiary/aromatic N) is 4. The van der Waals surface area contributed by atoms with Crippen LogP contribution in [0.5, 0.6) is 0 Å². The van der Waals surface area contributed by atoms with Crippen LogP contribution in [0, 0.1) is 6.92 Å². The van der Waals surface area contributed by atoms with E-state index in [-0.39, 0.29) is 12.4 Å². The smallest absolute Gasteiger partial charge is 0.124 e. The highest BCUT2D eigenvalue weighted by Gasteiger charge is 2.26. The van der Waals surface area contributed by atoms with E-state index >= 15 is 0 Å². The van der Waals surface area contributed by atoms with Gasteiger partial charge in [-0.25, -0.2) is 0 Å². The molecule has 0 aromatic carbocycles. The second-order valence-electron chi connectivity index (χ2n) is 5.30. The monoisotopic (exact) mass is 295 g/mol. The van der Waals surface area contributed by atoms with Gasteiger partial charge in [-0.3, -0.25) is 9.36 Å². The summed E-state index contributed by atoms with van der Waals surface area (Å²) in [7, 11) is 2.00. The molecular formula is C14H22ClN5. The fraction of sp³-hybridized carbons (Fsp3) is 0.571. The molecule has 0 amide bonds. The Kier molecular flexibility index (Phi) is 4.38. The lowest BCUT2D eigenvalue weighted by Crippen LogP contribution is -2.04. The van der Waals surface area contributed by atoms with Crippen molar-refractivity contribution in [2.24, 2.45) is 7.05 Å². The van der Waals surface area contributed by atoms with E-state index in [1.807, 2.05) is 16.4 Å². The second-order valence-corrected chi connectivity index (χ2v) is 5.30. The van der Waals surface area contributed by atoms with Crippen LogP contribution >= 0.6 is 12.4 Å². The highest BCUT2D eigenvalue weighted by atomic mass is 35.5. The molecule has 1 fully saturated rings. The topological polar surface area (TPSA) is 47.7 Å². The van der Waals surface area contributed by atoms with Crippen LogP contribution in [0.2, 0.25) is 0 Å². The first-order valence-electron chi connectivity index (χ1n) is 6.98. The van der Waals surface area contributed by atoms with Gasteiger partial charge in [-0.2, -0.15) is 10.2 Å². The molecule has 0 bridgehead atoms. The lowest BCUT2D eigenvalue weighted by Gasteiger charge is -2.04. The number of aryl methyl sites for hydroxylation is 3. The van der Waals surface area contributed by atoms with Crippen LogP contribution in [0.3, 0.4) is 0 Å². The number of hydrogen-bond acceptors (Lipinski definition) is 3. The average molecular weight is 296 g/mol. The van der Waals surface area contributed by atoms with Crippen LogP contribution < -0.4 is 5.32 Å². The zero-order valence-electron chi connectivity index (χ0n) is 12.3. The standard InChI is InChI=1S/C14H21N5.ClH/c1-4-19-9-12(10(2)16-19)8-15-14-7-13(11-5-6-11)17-18(14)3;/h7,9,11,15H,4-6,8H2,1-3H3;1H. The maximum absolute atomic E-state index is 4.56. The fourth-order valence-electron chi connectivity index (χ4n) is 2.31. The van der Waals surface area contributed by atoms with Crippen LogP contribution in [0.1, 0.15) is 42.6 Å². The minimum Gasteiger partial charge on any atom is -0.366 e. The van der Waals surface area contributed by atoms with E-state index in [1.54, 1.807) is 0 Å². The normalized spacial score (nSPS) is 14.2. The Balaban J connectivity index is 0.00000147. The van der Waals surface area contributed by atoms with E-state index in [0.717, 1.165) is 24.6 Å². The third-order valence-electron chi connectivity index (χ3n) is 3.73. The third-order valence-corrected chi connectivity index (χ3v) is 3.73. The first-order chi connectivity index (χ1) is 9.17. The molecular weight excluding hydrogens is 274 g/mol. The van der Waals surface area contributed by atoms with Gasteiger partial charge in [-0.05, 0) is 26.7 Å². The molecule has 0 aliphatic heterocycles. The Hall–Kier alpha value is -1.49. The molecule has 110 valence electrons. The molecule has 1 N–H and O–H groups in total. The molecule has 0 unspecified atom stereocenters. The zero-order chi connectivity index (χ0) is 13.4. The van der Waals surface area contributed by atoms with Crippen molar-refractivity contribution >= 4 is 18.2 Å². The quantitative estimate of drug-likeness (QED) is 0.923. The van der Waals surface area contributed by atoms with Gasteiger partial charge >= 0.3 is 0 Å². The van der Waals surface area contributed by atoms with Crippen LogP contribution in [-0.4, -0.2) is 19.6 Å². The first-order valence-corrected chi connectivity index (χ1v) is 6.98. The van der Waals surface area contributed by atoms with Crippen molar-refractivity contribution < 1.29 is 0 Å². The molecule has 2 aromatic heterocycles. The van der Waals surface area contributed by atoms with Crippen molar-refractivity contribution in [3.8, 4) is 0 Å². The molecule has 2 aromatic rings. The van der Waals surface area contributed by atoms with Gasteiger partial charge in [-0.15, -0.1) is 12.4 Å². The predicted molar refractivity (Wildman–Crippen MR) is 82.4 cm³/mol. The highest BCUT2D eigenvalue weighted by molar-refractivity contribution is 5.85. The predicted octanol–water partition coefficient (Wildman–Crippen LogP) is 2.86. The van der Waals surface area contributed by atoms with E-state index in [1.165, 1.54) is 24.1 Å². The van der Waals surface area contributed by atoms with Crippen molar-refractivity contribution in [1.82, 2.24) is 19.6 Å². The summed E-state index contributed by atoms with van der Waals surface area (Å²) in [6.45, 7) is 5.88. The molecule has 0 atom stereocenters. The summed E-state index contributed by atoms with van der Waals surface area (Å²) >= 11 is 0. The van der Waals surface area contributed by atoms with Crippen LogP contribution in [0.4, 0.5) is 5.82 Å². The largest absolute Gasteiger partial charge is 0.366 e. The van der Waals surface area contributed by atoms with E-state index in [4.69, 9.17) is 0 Å². The third kappa shape index (κ3) is 2.98. The molecule has 0 spiro atoms. The van der Waals surface area contributed by atoms with Crippen molar-refractivity contribution in [3.63, 3.8) is 0 Å². The summed E-state index contributed by atoms with van der Waals surface area (Å²) in [5, 5.41) is 12.5. The van der Waals surface area contributed by atoms with E-state index in [9.17, 15) is 0 Å². The summed E-state index contributed by atoms with van der Waals surface area (Å²) in [4.78, 5) is 0. The number of hydrogen-bond donors (Lipinski definition) is 1. The summed E-state index contributed by atoms with van der Waals surface area (Å²) in [6, 6.07) is 2.18. The van der Waals surface area contributed by atoms with Gasteiger partial charge in [0.1, 0.15) is 5.82 Å². The summed E-state index contributed by atoms with van der Waals surface area (Å²) < 4.78 is 3.92. The lowest BCUT2D eigenvalue weighted by molar-refractivity contribution is 0.653. The van der Waals surface area contributed by atoms with E-state index in [0.29, 0.717) is 5.92 Å². The Morgan fingerprint density at radius 2 is 2.10 bits per heavy atom. The van der Waals surface area contributed by atoms with Gasteiger partial charge in [0.25, 0.3) is 0 Å². The Morgan fingerprint density at radius 1 is 1.35 bits per heavy atom. The number of nitrogens with one attached hydrogen (secondary N) is 1. The molecule has 2 heterocycles. The van der Waals surface area contributed by atoms with Gasteiger partial charge in [0.05, 0.1) is 11.4 Å². The number of anilines is 1. The molecule has 0 radical (unpaired) electrons. The van der Waals surface area contributed by atoms with Gasteiger partial charge in [0.15, 0.2) is 0 Å². The molecule has 3 rings (SSSR count). The highest BCUT2D eigenvalue weighted by Crippen LogP contribution is 2.39.